The Morgan fingerprint density at radius 2 is 2.31 bits per heavy atom. The van der Waals surface area contributed by atoms with Gasteiger partial charge in [0.05, 0.1) is 5.69 Å². The van der Waals surface area contributed by atoms with Gasteiger partial charge < -0.3 is 4.57 Å². The number of aryl methyl sites for hydroxylation is 1. The predicted octanol–water partition coefficient (Wildman–Crippen LogP) is 2.57. The van der Waals surface area contributed by atoms with Gasteiger partial charge in [-0.25, -0.2) is 4.98 Å². The van der Waals surface area contributed by atoms with Crippen molar-refractivity contribution in [2.24, 2.45) is 5.92 Å². The van der Waals surface area contributed by atoms with E-state index in [1.165, 1.54) is 12.8 Å². The summed E-state index contributed by atoms with van der Waals surface area (Å²) in [6.45, 7) is 2.92. The van der Waals surface area contributed by atoms with Crippen molar-refractivity contribution in [3.63, 3.8) is 0 Å². The maximum atomic E-state index is 11.0. The third kappa shape index (κ3) is 1.52. The number of carbonyl (C=O) groups is 1. The second-order valence-electron chi connectivity index (χ2n) is 4.61. The van der Waals surface area contributed by atoms with E-state index in [9.17, 15) is 4.79 Å². The van der Waals surface area contributed by atoms with E-state index in [1.54, 1.807) is 0 Å². The summed E-state index contributed by atoms with van der Waals surface area (Å²) in [7, 11) is 0. The zero-order valence-electron chi connectivity index (χ0n) is 9.31. The number of hydrogen-bond acceptors (Lipinski definition) is 2. The van der Waals surface area contributed by atoms with Gasteiger partial charge in [-0.15, -0.1) is 0 Å². The lowest BCUT2D eigenvalue weighted by molar-refractivity contribution is 0.111. The maximum absolute atomic E-state index is 11.0. The first kappa shape index (κ1) is 9.58. The second kappa shape index (κ2) is 3.44. The largest absolute Gasteiger partial charge is 0.323 e. The average Bonchev–Trinajstić information content (AvgIpc) is 3.02. The summed E-state index contributed by atoms with van der Waals surface area (Å²) in [5.74, 6) is 0.747. The average molecular weight is 214 g/mol. The van der Waals surface area contributed by atoms with Crippen LogP contribution >= 0.6 is 0 Å². The molecule has 3 heteroatoms. The molecule has 0 saturated heterocycles. The highest BCUT2D eigenvalue weighted by molar-refractivity contribution is 5.86. The molecule has 82 valence electrons. The third-order valence-corrected chi connectivity index (χ3v) is 3.17. The number of rotatable bonds is 3. The van der Waals surface area contributed by atoms with Crippen molar-refractivity contribution in [3.8, 4) is 0 Å². The standard InChI is InChI=1S/C13H14N2O/c1-9-2-5-11-6-12(8-16)15(13(11)14-9)7-10-3-4-10/h2,5-6,8,10H,3-4,7H2,1H3. The van der Waals surface area contributed by atoms with Crippen molar-refractivity contribution in [1.29, 1.82) is 0 Å². The van der Waals surface area contributed by atoms with Crippen molar-refractivity contribution in [2.45, 2.75) is 26.3 Å². The fraction of sp³-hybridized carbons (Fsp3) is 0.385. The van der Waals surface area contributed by atoms with Crippen LogP contribution in [0.4, 0.5) is 0 Å². The van der Waals surface area contributed by atoms with Crippen LogP contribution in [0.25, 0.3) is 11.0 Å². The number of aldehydes is 1. The lowest BCUT2D eigenvalue weighted by Gasteiger charge is -2.05. The quantitative estimate of drug-likeness (QED) is 0.736. The fourth-order valence-corrected chi connectivity index (χ4v) is 2.09. The Morgan fingerprint density at radius 3 is 3.00 bits per heavy atom. The van der Waals surface area contributed by atoms with Gasteiger partial charge >= 0.3 is 0 Å². The second-order valence-corrected chi connectivity index (χ2v) is 4.61. The molecule has 0 aromatic carbocycles. The Balaban J connectivity index is 2.18. The molecular weight excluding hydrogens is 200 g/mol. The Bertz CT molecular complexity index is 552. The van der Waals surface area contributed by atoms with E-state index in [0.717, 1.165) is 41.2 Å². The smallest absolute Gasteiger partial charge is 0.166 e. The first-order chi connectivity index (χ1) is 7.78. The summed E-state index contributed by atoms with van der Waals surface area (Å²) in [6, 6.07) is 5.95. The highest BCUT2D eigenvalue weighted by Gasteiger charge is 2.23. The SMILES string of the molecule is Cc1ccc2cc(C=O)n(CC3CC3)c2n1. The minimum atomic E-state index is 0.747. The summed E-state index contributed by atoms with van der Waals surface area (Å²) >= 11 is 0. The first-order valence-corrected chi connectivity index (χ1v) is 5.70. The van der Waals surface area contributed by atoms with Crippen molar-refractivity contribution >= 4 is 17.3 Å². The Morgan fingerprint density at radius 1 is 1.50 bits per heavy atom. The molecule has 2 aromatic rings. The molecule has 0 unspecified atom stereocenters. The molecule has 16 heavy (non-hydrogen) atoms. The number of fused-ring (bicyclic) bond motifs is 1. The van der Waals surface area contributed by atoms with Crippen molar-refractivity contribution in [3.05, 3.63) is 29.6 Å². The van der Waals surface area contributed by atoms with Crippen LogP contribution in [0.2, 0.25) is 0 Å². The van der Waals surface area contributed by atoms with Gasteiger partial charge in [-0.2, -0.15) is 0 Å². The van der Waals surface area contributed by atoms with Gasteiger partial charge in [0.25, 0.3) is 0 Å². The Kier molecular flexibility index (Phi) is 2.06. The van der Waals surface area contributed by atoms with Crippen LogP contribution in [0.3, 0.4) is 0 Å². The van der Waals surface area contributed by atoms with E-state index in [2.05, 4.69) is 9.55 Å². The van der Waals surface area contributed by atoms with Gasteiger partial charge in [-0.3, -0.25) is 4.79 Å². The van der Waals surface area contributed by atoms with Crippen molar-refractivity contribution in [1.82, 2.24) is 9.55 Å². The molecule has 2 aromatic heterocycles. The third-order valence-electron chi connectivity index (χ3n) is 3.17. The monoisotopic (exact) mass is 214 g/mol. The van der Waals surface area contributed by atoms with Gasteiger partial charge in [0.1, 0.15) is 5.65 Å². The number of carbonyl (C=O) groups excluding carboxylic acids is 1. The highest BCUT2D eigenvalue weighted by Crippen LogP contribution is 2.32. The summed E-state index contributed by atoms with van der Waals surface area (Å²) in [4.78, 5) is 15.6. The van der Waals surface area contributed by atoms with E-state index in [-0.39, 0.29) is 0 Å². The molecule has 3 nitrogen and oxygen atoms in total. The minimum Gasteiger partial charge on any atom is -0.323 e. The molecule has 0 radical (unpaired) electrons. The van der Waals surface area contributed by atoms with Gasteiger partial charge in [0.2, 0.25) is 0 Å². The predicted molar refractivity (Wildman–Crippen MR) is 62.6 cm³/mol. The van der Waals surface area contributed by atoms with E-state index in [1.807, 2.05) is 25.1 Å². The summed E-state index contributed by atoms with van der Waals surface area (Å²) in [6.07, 6.45) is 3.49. The van der Waals surface area contributed by atoms with Crippen LogP contribution in [0.15, 0.2) is 18.2 Å². The van der Waals surface area contributed by atoms with Gasteiger partial charge in [-0.05, 0) is 43.9 Å². The topological polar surface area (TPSA) is 34.9 Å². The Hall–Kier alpha value is -1.64. The number of aromatic nitrogens is 2. The van der Waals surface area contributed by atoms with Crippen LogP contribution < -0.4 is 0 Å². The van der Waals surface area contributed by atoms with Crippen molar-refractivity contribution in [2.75, 3.05) is 0 Å². The Labute approximate surface area is 94.1 Å². The van der Waals surface area contributed by atoms with Crippen LogP contribution in [-0.4, -0.2) is 15.8 Å². The van der Waals surface area contributed by atoms with Gasteiger partial charge in [0.15, 0.2) is 6.29 Å². The highest BCUT2D eigenvalue weighted by atomic mass is 16.1. The summed E-state index contributed by atoms with van der Waals surface area (Å²) in [5.41, 5.74) is 2.70. The molecule has 1 aliphatic rings. The van der Waals surface area contributed by atoms with Crippen LogP contribution in [0, 0.1) is 12.8 Å². The van der Waals surface area contributed by atoms with Gasteiger partial charge in [-0.1, -0.05) is 0 Å². The van der Waals surface area contributed by atoms with Crippen molar-refractivity contribution < 1.29 is 4.79 Å². The number of hydrogen-bond donors (Lipinski definition) is 0. The van der Waals surface area contributed by atoms with E-state index < -0.39 is 0 Å². The lowest BCUT2D eigenvalue weighted by Crippen LogP contribution is -2.04. The maximum Gasteiger partial charge on any atom is 0.166 e. The first-order valence-electron chi connectivity index (χ1n) is 5.70. The molecular formula is C13H14N2O. The van der Waals surface area contributed by atoms with Crippen LogP contribution in [-0.2, 0) is 6.54 Å². The zero-order valence-corrected chi connectivity index (χ0v) is 9.31. The van der Waals surface area contributed by atoms with Crippen LogP contribution in [0.5, 0.6) is 0 Å². The zero-order chi connectivity index (χ0) is 11.1. The molecule has 2 heterocycles. The fourth-order valence-electron chi connectivity index (χ4n) is 2.09. The van der Waals surface area contributed by atoms with E-state index in [0.29, 0.717) is 0 Å². The van der Waals surface area contributed by atoms with E-state index in [4.69, 9.17) is 0 Å². The minimum absolute atomic E-state index is 0.747. The molecule has 1 saturated carbocycles. The van der Waals surface area contributed by atoms with E-state index >= 15 is 0 Å². The summed E-state index contributed by atoms with van der Waals surface area (Å²) in [5, 5.41) is 1.06. The molecule has 0 bridgehead atoms. The molecule has 3 rings (SSSR count). The molecule has 0 N–H and O–H groups in total. The molecule has 0 spiro atoms. The summed E-state index contributed by atoms with van der Waals surface area (Å²) < 4.78 is 2.06. The molecule has 1 fully saturated rings. The normalized spacial score (nSPS) is 15.6. The molecule has 0 atom stereocenters. The number of pyridine rings is 1. The molecule has 1 aliphatic carbocycles. The molecule has 0 aliphatic heterocycles. The van der Waals surface area contributed by atoms with Gasteiger partial charge in [0, 0.05) is 17.6 Å². The molecule has 0 amide bonds. The lowest BCUT2D eigenvalue weighted by atomic mass is 10.3. The number of nitrogens with zero attached hydrogens (tertiary/aromatic N) is 2. The van der Waals surface area contributed by atoms with Crippen LogP contribution in [0.1, 0.15) is 29.0 Å².